The molecule has 4 atom stereocenters. The predicted octanol–water partition coefficient (Wildman–Crippen LogP) is 7.58. The molecule has 0 radical (unpaired) electrons. The first kappa shape index (κ1) is 21.3. The molecule has 32 heavy (non-hydrogen) atoms. The zero-order chi connectivity index (χ0) is 22.1. The number of thioether (sulfide) groups is 1. The van der Waals surface area contributed by atoms with E-state index in [1.54, 1.807) is 12.1 Å². The topological polar surface area (TPSA) is 43.1 Å². The van der Waals surface area contributed by atoms with Crippen molar-refractivity contribution in [2.45, 2.75) is 54.6 Å². The lowest BCUT2D eigenvalue weighted by atomic mass is 9.79. The Balaban J connectivity index is 1.59. The number of benzene rings is 3. The molecule has 0 unspecified atom stereocenters. The van der Waals surface area contributed by atoms with Crippen LogP contribution in [0.15, 0.2) is 83.8 Å². The average molecular weight is 444 g/mol. The minimum absolute atomic E-state index is 0.0441. The van der Waals surface area contributed by atoms with Gasteiger partial charge in [0.1, 0.15) is 0 Å². The largest absolute Gasteiger partial charge is 0.269 e. The van der Waals surface area contributed by atoms with Crippen LogP contribution < -0.4 is 0 Å². The van der Waals surface area contributed by atoms with Crippen molar-refractivity contribution in [2.24, 2.45) is 11.8 Å². The van der Waals surface area contributed by atoms with Gasteiger partial charge in [0, 0.05) is 27.7 Å². The van der Waals surface area contributed by atoms with Gasteiger partial charge in [-0.2, -0.15) is 0 Å². The molecule has 0 saturated heterocycles. The van der Waals surface area contributed by atoms with Gasteiger partial charge in [-0.15, -0.1) is 11.8 Å². The summed E-state index contributed by atoms with van der Waals surface area (Å²) in [5, 5.41) is 11.3. The van der Waals surface area contributed by atoms with Crippen LogP contribution in [-0.2, 0) is 6.42 Å². The maximum absolute atomic E-state index is 11.3. The summed E-state index contributed by atoms with van der Waals surface area (Å²) in [4.78, 5) is 12.3. The van der Waals surface area contributed by atoms with E-state index in [4.69, 9.17) is 0 Å². The Hall–Kier alpha value is -2.59. The Morgan fingerprint density at radius 1 is 0.969 bits per heavy atom. The quantitative estimate of drug-likeness (QED) is 0.291. The first-order valence-corrected chi connectivity index (χ1v) is 12.4. The van der Waals surface area contributed by atoms with Gasteiger partial charge in [-0.25, -0.2) is 0 Å². The van der Waals surface area contributed by atoms with E-state index in [1.807, 2.05) is 23.9 Å². The van der Waals surface area contributed by atoms with Gasteiger partial charge in [0.25, 0.3) is 5.69 Å². The number of nitro groups is 1. The Morgan fingerprint density at radius 2 is 1.69 bits per heavy atom. The van der Waals surface area contributed by atoms with Crippen LogP contribution in [0.3, 0.4) is 0 Å². The van der Waals surface area contributed by atoms with Gasteiger partial charge < -0.3 is 0 Å². The highest BCUT2D eigenvalue weighted by molar-refractivity contribution is 8.00. The molecule has 2 aliphatic rings. The van der Waals surface area contributed by atoms with E-state index in [0.29, 0.717) is 11.8 Å². The first-order valence-electron chi connectivity index (χ1n) is 11.6. The smallest absolute Gasteiger partial charge is 0.258 e. The number of non-ortho nitro benzene ring substituents is 1. The second-order valence-corrected chi connectivity index (χ2v) is 11.0. The standard InChI is InChI=1S/C28H29NO2S/c1-20-10-16-25(17-11-20)32-28(18-21-6-3-2-4-7-21)19-23-8-5-9-26(23)27(28)22-12-14-24(15-13-22)29(30)31/h2-4,6-7,10-17,23,26-27H,5,8-9,18-19H2,1H3/t23-,26-,27+,28-/m1/s1. The maximum atomic E-state index is 11.3. The highest BCUT2D eigenvalue weighted by atomic mass is 32.2. The lowest BCUT2D eigenvalue weighted by molar-refractivity contribution is -0.384. The molecule has 0 amide bonds. The number of rotatable bonds is 6. The van der Waals surface area contributed by atoms with Gasteiger partial charge in [-0.3, -0.25) is 10.1 Å². The molecule has 2 saturated carbocycles. The monoisotopic (exact) mass is 443 g/mol. The lowest BCUT2D eigenvalue weighted by Gasteiger charge is -2.38. The minimum Gasteiger partial charge on any atom is -0.258 e. The molecule has 0 N–H and O–H groups in total. The third-order valence-corrected chi connectivity index (χ3v) is 8.95. The van der Waals surface area contributed by atoms with E-state index >= 15 is 0 Å². The highest BCUT2D eigenvalue weighted by Crippen LogP contribution is 2.64. The second kappa shape index (κ2) is 8.74. The molecule has 2 aliphatic carbocycles. The van der Waals surface area contributed by atoms with E-state index in [0.717, 1.165) is 12.3 Å². The highest BCUT2D eigenvalue weighted by Gasteiger charge is 2.55. The zero-order valence-electron chi connectivity index (χ0n) is 18.4. The number of hydrogen-bond acceptors (Lipinski definition) is 3. The van der Waals surface area contributed by atoms with Crippen molar-refractivity contribution in [3.63, 3.8) is 0 Å². The maximum Gasteiger partial charge on any atom is 0.269 e. The molecule has 0 bridgehead atoms. The van der Waals surface area contributed by atoms with Crippen LogP contribution in [0.5, 0.6) is 0 Å². The Labute approximate surface area is 194 Å². The third-order valence-electron chi connectivity index (χ3n) is 7.47. The van der Waals surface area contributed by atoms with Crippen molar-refractivity contribution in [3.8, 4) is 0 Å². The van der Waals surface area contributed by atoms with Crippen molar-refractivity contribution in [1.29, 1.82) is 0 Å². The Bertz CT molecular complexity index is 1080. The summed E-state index contributed by atoms with van der Waals surface area (Å²) in [6.07, 6.45) is 6.08. The van der Waals surface area contributed by atoms with E-state index in [-0.39, 0.29) is 15.4 Å². The van der Waals surface area contributed by atoms with Gasteiger partial charge in [0.05, 0.1) is 4.92 Å². The molecule has 0 spiro atoms. The van der Waals surface area contributed by atoms with E-state index < -0.39 is 0 Å². The average Bonchev–Trinajstić information content (AvgIpc) is 3.35. The Morgan fingerprint density at radius 3 is 2.38 bits per heavy atom. The number of aryl methyl sites for hydroxylation is 1. The summed E-state index contributed by atoms with van der Waals surface area (Å²) >= 11 is 2.04. The summed E-state index contributed by atoms with van der Waals surface area (Å²) in [5.41, 5.74) is 4.09. The van der Waals surface area contributed by atoms with Gasteiger partial charge in [0.2, 0.25) is 0 Å². The van der Waals surface area contributed by atoms with Crippen LogP contribution in [0.4, 0.5) is 5.69 Å². The molecular formula is C28H29NO2S. The second-order valence-electron chi connectivity index (χ2n) is 9.53. The molecule has 0 aromatic heterocycles. The van der Waals surface area contributed by atoms with Crippen LogP contribution in [0.2, 0.25) is 0 Å². The molecule has 0 heterocycles. The molecule has 5 rings (SSSR count). The van der Waals surface area contributed by atoms with Gasteiger partial charge in [-0.05, 0) is 61.3 Å². The summed E-state index contributed by atoms with van der Waals surface area (Å²) in [6.45, 7) is 2.13. The normalized spacial score (nSPS) is 26.7. The van der Waals surface area contributed by atoms with E-state index in [9.17, 15) is 10.1 Å². The molecule has 3 nitrogen and oxygen atoms in total. The minimum atomic E-state index is -0.297. The van der Waals surface area contributed by atoms with Crippen LogP contribution in [0, 0.1) is 28.9 Å². The van der Waals surface area contributed by atoms with Gasteiger partial charge in [-0.1, -0.05) is 73.0 Å². The first-order chi connectivity index (χ1) is 15.5. The zero-order valence-corrected chi connectivity index (χ0v) is 19.3. The van der Waals surface area contributed by atoms with E-state index in [1.165, 1.54) is 47.3 Å². The molecule has 4 heteroatoms. The summed E-state index contributed by atoms with van der Waals surface area (Å²) in [6, 6.07) is 27.2. The molecule has 0 aliphatic heterocycles. The Kier molecular flexibility index (Phi) is 5.81. The van der Waals surface area contributed by atoms with Crippen molar-refractivity contribution in [3.05, 3.63) is 106 Å². The van der Waals surface area contributed by atoms with Crippen molar-refractivity contribution in [2.75, 3.05) is 0 Å². The third kappa shape index (κ3) is 4.09. The molecule has 164 valence electrons. The summed E-state index contributed by atoms with van der Waals surface area (Å²) in [7, 11) is 0. The van der Waals surface area contributed by atoms with E-state index in [2.05, 4.69) is 61.5 Å². The number of nitro benzene ring substituents is 1. The lowest BCUT2D eigenvalue weighted by Crippen LogP contribution is -2.33. The fourth-order valence-electron chi connectivity index (χ4n) is 6.18. The fraction of sp³-hybridized carbons (Fsp3) is 0.357. The van der Waals surface area contributed by atoms with Crippen LogP contribution in [0.1, 0.15) is 48.3 Å². The van der Waals surface area contributed by atoms with Crippen molar-refractivity contribution in [1.82, 2.24) is 0 Å². The summed E-state index contributed by atoms with van der Waals surface area (Å²) in [5.74, 6) is 1.78. The fourth-order valence-corrected chi connectivity index (χ4v) is 7.89. The SMILES string of the molecule is Cc1ccc(S[C@]2(Cc3ccccc3)C[C@H]3CCC[C@H]3[C@@H]2c2ccc([N+](=O)[O-])cc2)cc1. The summed E-state index contributed by atoms with van der Waals surface area (Å²) < 4.78 is 0.0441. The molecule has 2 fully saturated rings. The number of hydrogen-bond donors (Lipinski definition) is 0. The van der Waals surface area contributed by atoms with Crippen LogP contribution in [0.25, 0.3) is 0 Å². The predicted molar refractivity (Wildman–Crippen MR) is 131 cm³/mol. The van der Waals surface area contributed by atoms with Crippen LogP contribution >= 0.6 is 11.8 Å². The molecule has 3 aromatic carbocycles. The molecular weight excluding hydrogens is 414 g/mol. The van der Waals surface area contributed by atoms with Crippen molar-refractivity contribution >= 4 is 17.4 Å². The van der Waals surface area contributed by atoms with Gasteiger partial charge >= 0.3 is 0 Å². The number of fused-ring (bicyclic) bond motifs is 1. The molecule has 3 aromatic rings. The van der Waals surface area contributed by atoms with Gasteiger partial charge in [0.15, 0.2) is 0 Å². The van der Waals surface area contributed by atoms with Crippen LogP contribution in [-0.4, -0.2) is 9.67 Å². The number of nitrogens with zero attached hydrogens (tertiary/aromatic N) is 1. The van der Waals surface area contributed by atoms with Crippen molar-refractivity contribution < 1.29 is 4.92 Å².